The molecule has 1 fully saturated rings. The number of carbonyl (C=O) groups is 1. The maximum absolute atomic E-state index is 13.1. The van der Waals surface area contributed by atoms with E-state index in [1.165, 1.54) is 32.2 Å². The van der Waals surface area contributed by atoms with Crippen molar-refractivity contribution in [2.75, 3.05) is 39.1 Å². The molecule has 0 aromatic carbocycles. The summed E-state index contributed by atoms with van der Waals surface area (Å²) in [6.07, 6.45) is -2.53. The number of aliphatic carboxylic acids is 1. The highest BCUT2D eigenvalue weighted by molar-refractivity contribution is 7.93. The molecule has 1 saturated heterocycles. The second kappa shape index (κ2) is 12.7. The fourth-order valence-electron chi connectivity index (χ4n) is 3.51. The summed E-state index contributed by atoms with van der Waals surface area (Å²) in [5.41, 5.74) is 0.589. The Balaban J connectivity index is 0.000000559. The van der Waals surface area contributed by atoms with Crippen LogP contribution in [-0.4, -0.2) is 95.1 Å². The van der Waals surface area contributed by atoms with Crippen LogP contribution in [0.4, 0.5) is 19.1 Å². The van der Waals surface area contributed by atoms with E-state index >= 15 is 0 Å². The van der Waals surface area contributed by atoms with Gasteiger partial charge in [0.25, 0.3) is 0 Å². The number of carboxylic acid groups (broad SMARTS) is 1. The summed E-state index contributed by atoms with van der Waals surface area (Å²) in [6.45, 7) is 1.12. The van der Waals surface area contributed by atoms with Crippen molar-refractivity contribution in [1.82, 2.24) is 35.0 Å². The lowest BCUT2D eigenvalue weighted by Gasteiger charge is -2.23. The van der Waals surface area contributed by atoms with E-state index in [0.29, 0.717) is 24.5 Å². The molecule has 0 spiro atoms. The minimum Gasteiger partial charge on any atom is -0.481 e. The maximum Gasteiger partial charge on any atom is 0.490 e. The first-order valence-corrected chi connectivity index (χ1v) is 12.9. The van der Waals surface area contributed by atoms with E-state index in [9.17, 15) is 21.6 Å². The number of methoxy groups -OCH3 is 3. The summed E-state index contributed by atoms with van der Waals surface area (Å²) < 4.78 is 78.0. The highest BCUT2D eigenvalue weighted by atomic mass is 32.2. The van der Waals surface area contributed by atoms with Crippen LogP contribution in [0.3, 0.4) is 0 Å². The summed E-state index contributed by atoms with van der Waals surface area (Å²) >= 11 is 0. The Hall–Kier alpha value is -4.26. The van der Waals surface area contributed by atoms with Gasteiger partial charge in [-0.15, -0.1) is 10.2 Å². The Kier molecular flexibility index (Phi) is 9.64. The summed E-state index contributed by atoms with van der Waals surface area (Å²) in [5.74, 6) is -2.02. The monoisotopic (exact) mass is 590 g/mol. The zero-order chi connectivity index (χ0) is 29.5. The first-order chi connectivity index (χ1) is 18.9. The van der Waals surface area contributed by atoms with Crippen molar-refractivity contribution in [3.05, 3.63) is 24.5 Å². The Morgan fingerprint density at radius 2 is 1.77 bits per heavy atom. The van der Waals surface area contributed by atoms with Crippen molar-refractivity contribution in [3.63, 3.8) is 0 Å². The maximum atomic E-state index is 13.1. The van der Waals surface area contributed by atoms with Crippen molar-refractivity contribution in [2.24, 2.45) is 0 Å². The van der Waals surface area contributed by atoms with Crippen LogP contribution in [0.2, 0.25) is 0 Å². The number of alkyl halides is 3. The van der Waals surface area contributed by atoms with Crippen LogP contribution >= 0.6 is 0 Å². The van der Waals surface area contributed by atoms with Gasteiger partial charge in [0.05, 0.1) is 26.6 Å². The van der Waals surface area contributed by atoms with Gasteiger partial charge in [-0.05, 0) is 25.5 Å². The Bertz CT molecular complexity index is 1410. The number of nitrogens with one attached hydrogen (secondary N) is 2. The fraction of sp³-hybridized carbons (Fsp3) is 0.429. The zero-order valence-corrected chi connectivity index (χ0v) is 22.2. The van der Waals surface area contributed by atoms with Gasteiger partial charge in [0, 0.05) is 12.6 Å². The lowest BCUT2D eigenvalue weighted by Crippen LogP contribution is -2.41. The van der Waals surface area contributed by atoms with E-state index in [1.54, 1.807) is 18.2 Å². The number of pyridine rings is 1. The van der Waals surface area contributed by atoms with Gasteiger partial charge in [-0.2, -0.15) is 23.1 Å². The number of nitrogens with zero attached hydrogens (tertiary/aromatic N) is 6. The van der Waals surface area contributed by atoms with E-state index in [-0.39, 0.29) is 29.2 Å². The van der Waals surface area contributed by atoms with Crippen LogP contribution in [0.1, 0.15) is 12.8 Å². The second-order valence-corrected chi connectivity index (χ2v) is 9.87. The second-order valence-electron chi connectivity index (χ2n) is 7.91. The summed E-state index contributed by atoms with van der Waals surface area (Å²) in [7, 11) is 0.555. The van der Waals surface area contributed by atoms with Crippen molar-refractivity contribution in [1.29, 1.82) is 0 Å². The molecule has 4 heterocycles. The Morgan fingerprint density at radius 1 is 1.12 bits per heavy atom. The Labute approximate surface area is 225 Å². The summed E-state index contributed by atoms with van der Waals surface area (Å²) in [5, 5.41) is 17.9. The molecule has 218 valence electrons. The van der Waals surface area contributed by atoms with Crippen LogP contribution < -0.4 is 24.2 Å². The topological polar surface area (TPSA) is 193 Å². The van der Waals surface area contributed by atoms with E-state index in [2.05, 4.69) is 35.2 Å². The molecule has 4 rings (SSSR count). The third kappa shape index (κ3) is 7.03. The SMILES string of the molecule is COc1cccc(-c2nnc(NS(=O)(=O)[C@@H]3CCCNC3)n2-c2c(OC)ncnc2OC)n1.O=C(O)C(F)(F)F. The minimum atomic E-state index is -5.08. The molecule has 0 amide bonds. The number of carboxylic acids is 1. The van der Waals surface area contributed by atoms with E-state index in [4.69, 9.17) is 24.1 Å². The molecule has 40 heavy (non-hydrogen) atoms. The lowest BCUT2D eigenvalue weighted by molar-refractivity contribution is -0.192. The predicted octanol–water partition coefficient (Wildman–Crippen LogP) is 1.27. The van der Waals surface area contributed by atoms with E-state index < -0.39 is 27.4 Å². The van der Waals surface area contributed by atoms with E-state index in [1.807, 2.05) is 0 Å². The van der Waals surface area contributed by atoms with Crippen LogP contribution in [0.15, 0.2) is 24.5 Å². The standard InChI is InChI=1S/C19H24N8O5S.C2HF3O2/c1-30-14-8-4-7-13(23-14)16-24-25-19(26-33(28,29)12-6-5-9-20-10-12)27(16)15-17(31-2)21-11-22-18(15)32-3;3-2(4,5)1(6)7/h4,7-8,11-12,20H,5-6,9-10H2,1-3H3,(H,25,26);(H,6,7)/t12-;/m1./s1. The number of aromatic nitrogens is 6. The van der Waals surface area contributed by atoms with E-state index in [0.717, 1.165) is 13.0 Å². The number of sulfonamides is 1. The van der Waals surface area contributed by atoms with Gasteiger partial charge in [0.15, 0.2) is 11.5 Å². The molecule has 19 heteroatoms. The highest BCUT2D eigenvalue weighted by Gasteiger charge is 2.38. The molecule has 0 aliphatic carbocycles. The molecule has 0 radical (unpaired) electrons. The number of ether oxygens (including phenoxy) is 3. The molecule has 0 bridgehead atoms. The summed E-state index contributed by atoms with van der Waals surface area (Å²) in [4.78, 5) is 21.6. The fourth-order valence-corrected chi connectivity index (χ4v) is 4.88. The molecule has 1 aliphatic heterocycles. The largest absolute Gasteiger partial charge is 0.490 e. The van der Waals surface area contributed by atoms with Gasteiger partial charge in [0.2, 0.25) is 33.6 Å². The predicted molar refractivity (Wildman–Crippen MR) is 132 cm³/mol. The third-order valence-electron chi connectivity index (χ3n) is 5.36. The molecule has 3 aromatic heterocycles. The first-order valence-electron chi connectivity index (χ1n) is 11.4. The average molecular weight is 591 g/mol. The first kappa shape index (κ1) is 30.3. The van der Waals surface area contributed by atoms with Gasteiger partial charge in [-0.3, -0.25) is 4.72 Å². The number of rotatable bonds is 8. The third-order valence-corrected chi connectivity index (χ3v) is 7.10. The molecule has 0 unspecified atom stereocenters. The molecule has 0 saturated carbocycles. The molecule has 1 aliphatic rings. The molecule has 15 nitrogen and oxygen atoms in total. The van der Waals surface area contributed by atoms with Crippen LogP contribution in [-0.2, 0) is 14.8 Å². The van der Waals surface area contributed by atoms with Gasteiger partial charge >= 0.3 is 12.1 Å². The molecular weight excluding hydrogens is 565 g/mol. The number of anilines is 1. The quantitative estimate of drug-likeness (QED) is 0.340. The molecule has 3 aromatic rings. The van der Waals surface area contributed by atoms with Crippen molar-refractivity contribution >= 4 is 21.9 Å². The minimum absolute atomic E-state index is 0.0772. The number of piperidine rings is 1. The van der Waals surface area contributed by atoms with Gasteiger partial charge in [-0.1, -0.05) is 6.07 Å². The average Bonchev–Trinajstić information content (AvgIpc) is 3.35. The van der Waals surface area contributed by atoms with Crippen molar-refractivity contribution in [2.45, 2.75) is 24.3 Å². The van der Waals surface area contributed by atoms with Crippen LogP contribution in [0.25, 0.3) is 17.2 Å². The molecule has 3 N–H and O–H groups in total. The normalized spacial score (nSPS) is 15.4. The van der Waals surface area contributed by atoms with Gasteiger partial charge in [-0.25, -0.2) is 22.8 Å². The van der Waals surface area contributed by atoms with Gasteiger partial charge in [0.1, 0.15) is 12.0 Å². The number of hydrogen-bond donors (Lipinski definition) is 3. The molecule has 1 atom stereocenters. The van der Waals surface area contributed by atoms with Crippen LogP contribution in [0, 0.1) is 0 Å². The smallest absolute Gasteiger partial charge is 0.481 e. The number of halogens is 3. The van der Waals surface area contributed by atoms with Crippen molar-refractivity contribution < 1.29 is 45.7 Å². The zero-order valence-electron chi connectivity index (χ0n) is 21.3. The van der Waals surface area contributed by atoms with Gasteiger partial charge < -0.3 is 24.6 Å². The Morgan fingerprint density at radius 3 is 2.30 bits per heavy atom. The lowest BCUT2D eigenvalue weighted by atomic mass is 10.2. The highest BCUT2D eigenvalue weighted by Crippen LogP contribution is 2.35. The van der Waals surface area contributed by atoms with Crippen LogP contribution in [0.5, 0.6) is 17.6 Å². The van der Waals surface area contributed by atoms with Crippen molar-refractivity contribution in [3.8, 4) is 34.8 Å². The summed E-state index contributed by atoms with van der Waals surface area (Å²) in [6, 6.07) is 5.10. The number of hydrogen-bond acceptors (Lipinski definition) is 12. The molecular formula is C21H25F3N8O7S.